The number of nitrogens with zero attached hydrogens (tertiary/aromatic N) is 1. The van der Waals surface area contributed by atoms with Gasteiger partial charge in [-0.3, -0.25) is 4.79 Å². The van der Waals surface area contributed by atoms with E-state index >= 15 is 0 Å². The lowest BCUT2D eigenvalue weighted by Crippen LogP contribution is -2.21. The molecule has 0 fully saturated rings. The van der Waals surface area contributed by atoms with Crippen molar-refractivity contribution >= 4 is 17.7 Å². The third kappa shape index (κ3) is 3.06. The highest BCUT2D eigenvalue weighted by Crippen LogP contribution is 2.14. The molecular weight excluding hydrogens is 286 g/mol. The Hall–Kier alpha value is -2.89. The van der Waals surface area contributed by atoms with Gasteiger partial charge in [0.2, 0.25) is 0 Å². The maximum absolute atomic E-state index is 12.3. The van der Waals surface area contributed by atoms with E-state index < -0.39 is 11.9 Å². The number of rotatable bonds is 5. The Kier molecular flexibility index (Phi) is 4.73. The standard InChI is InChI=1S/C16H15NO5/c1-21-15(19)12-8-9-13(16(20)22-2)17(12)10-14(18)11-6-4-3-5-7-11/h3-9H,10H2,1-2H3. The van der Waals surface area contributed by atoms with Crippen molar-refractivity contribution in [3.63, 3.8) is 0 Å². The van der Waals surface area contributed by atoms with E-state index in [1.165, 1.54) is 30.9 Å². The quantitative estimate of drug-likeness (QED) is 0.623. The Morgan fingerprint density at radius 3 is 1.82 bits per heavy atom. The predicted octanol–water partition coefficient (Wildman–Crippen LogP) is 1.94. The Morgan fingerprint density at radius 1 is 0.864 bits per heavy atom. The number of ether oxygens (including phenoxy) is 2. The first-order valence-corrected chi connectivity index (χ1v) is 6.53. The topological polar surface area (TPSA) is 74.6 Å². The van der Waals surface area contributed by atoms with Crippen LogP contribution in [0, 0.1) is 0 Å². The molecule has 0 N–H and O–H groups in total. The van der Waals surface area contributed by atoms with Crippen molar-refractivity contribution in [1.29, 1.82) is 0 Å². The van der Waals surface area contributed by atoms with Crippen molar-refractivity contribution < 1.29 is 23.9 Å². The van der Waals surface area contributed by atoms with Crippen molar-refractivity contribution in [2.45, 2.75) is 6.54 Å². The molecule has 22 heavy (non-hydrogen) atoms. The summed E-state index contributed by atoms with van der Waals surface area (Å²) in [7, 11) is 2.47. The van der Waals surface area contributed by atoms with Gasteiger partial charge in [-0.15, -0.1) is 0 Å². The number of carbonyl (C=O) groups excluding carboxylic acids is 3. The highest BCUT2D eigenvalue weighted by atomic mass is 16.5. The molecule has 0 saturated heterocycles. The molecule has 0 aliphatic heterocycles. The van der Waals surface area contributed by atoms with Crippen molar-refractivity contribution in [2.75, 3.05) is 14.2 Å². The minimum Gasteiger partial charge on any atom is -0.464 e. The third-order valence-electron chi connectivity index (χ3n) is 3.17. The number of carbonyl (C=O) groups is 3. The number of esters is 2. The minimum atomic E-state index is -0.629. The molecule has 0 bridgehead atoms. The van der Waals surface area contributed by atoms with Crippen LogP contribution in [-0.4, -0.2) is 36.5 Å². The van der Waals surface area contributed by atoms with E-state index in [2.05, 4.69) is 9.47 Å². The number of benzene rings is 1. The second-order valence-corrected chi connectivity index (χ2v) is 4.46. The molecule has 0 amide bonds. The molecule has 0 aliphatic carbocycles. The smallest absolute Gasteiger partial charge is 0.354 e. The van der Waals surface area contributed by atoms with Crippen molar-refractivity contribution in [3.05, 3.63) is 59.4 Å². The molecule has 0 radical (unpaired) electrons. The van der Waals surface area contributed by atoms with Crippen LogP contribution in [0.25, 0.3) is 0 Å². The summed E-state index contributed by atoms with van der Waals surface area (Å²) in [5.41, 5.74) is 0.724. The number of aromatic nitrogens is 1. The van der Waals surface area contributed by atoms with Gasteiger partial charge in [-0.05, 0) is 12.1 Å². The normalized spacial score (nSPS) is 10.1. The lowest BCUT2D eigenvalue weighted by molar-refractivity contribution is 0.0577. The number of Topliss-reactive ketones (excluding diaryl/α,β-unsaturated/α-hetero) is 1. The van der Waals surface area contributed by atoms with Gasteiger partial charge in [0.15, 0.2) is 5.78 Å². The Morgan fingerprint density at radius 2 is 1.36 bits per heavy atom. The zero-order valence-corrected chi connectivity index (χ0v) is 12.2. The summed E-state index contributed by atoms with van der Waals surface area (Å²) in [6.45, 7) is -0.161. The molecule has 1 aromatic heterocycles. The molecule has 0 aliphatic rings. The van der Waals surface area contributed by atoms with Crippen LogP contribution in [0.5, 0.6) is 0 Å². The van der Waals surface area contributed by atoms with Gasteiger partial charge >= 0.3 is 11.9 Å². The Bertz CT molecular complexity index is 669. The number of hydrogen-bond acceptors (Lipinski definition) is 5. The van der Waals surface area contributed by atoms with Crippen molar-refractivity contribution in [1.82, 2.24) is 4.57 Å². The highest BCUT2D eigenvalue weighted by molar-refractivity contribution is 5.98. The third-order valence-corrected chi connectivity index (χ3v) is 3.17. The van der Waals surface area contributed by atoms with E-state index in [9.17, 15) is 14.4 Å². The number of methoxy groups -OCH3 is 2. The second-order valence-electron chi connectivity index (χ2n) is 4.46. The van der Waals surface area contributed by atoms with E-state index in [0.29, 0.717) is 5.56 Å². The monoisotopic (exact) mass is 301 g/mol. The van der Waals surface area contributed by atoms with Gasteiger partial charge in [-0.1, -0.05) is 30.3 Å². The van der Waals surface area contributed by atoms with E-state index in [-0.39, 0.29) is 23.7 Å². The second kappa shape index (κ2) is 6.71. The van der Waals surface area contributed by atoms with Crippen molar-refractivity contribution in [3.8, 4) is 0 Å². The zero-order chi connectivity index (χ0) is 16.1. The van der Waals surface area contributed by atoms with Crippen LogP contribution in [-0.2, 0) is 16.0 Å². The van der Waals surface area contributed by atoms with E-state index in [0.717, 1.165) is 0 Å². The summed E-state index contributed by atoms with van der Waals surface area (Å²) in [6, 6.07) is 11.5. The number of hydrogen-bond donors (Lipinski definition) is 0. The SMILES string of the molecule is COC(=O)c1ccc(C(=O)OC)n1CC(=O)c1ccccc1. The van der Waals surface area contributed by atoms with Gasteiger partial charge in [0.25, 0.3) is 0 Å². The average molecular weight is 301 g/mol. The van der Waals surface area contributed by atoms with Crippen LogP contribution >= 0.6 is 0 Å². The van der Waals surface area contributed by atoms with Crippen LogP contribution in [0.4, 0.5) is 0 Å². The Balaban J connectivity index is 2.39. The van der Waals surface area contributed by atoms with Crippen molar-refractivity contribution in [2.24, 2.45) is 0 Å². The van der Waals surface area contributed by atoms with Gasteiger partial charge in [0.05, 0.1) is 20.8 Å². The van der Waals surface area contributed by atoms with Gasteiger partial charge in [0, 0.05) is 5.56 Å². The van der Waals surface area contributed by atoms with E-state index in [1.54, 1.807) is 30.3 Å². The van der Waals surface area contributed by atoms with E-state index in [1.807, 2.05) is 0 Å². The fourth-order valence-electron chi connectivity index (χ4n) is 2.06. The fraction of sp³-hybridized carbons (Fsp3) is 0.188. The largest absolute Gasteiger partial charge is 0.464 e. The van der Waals surface area contributed by atoms with Crippen LogP contribution in [0.1, 0.15) is 31.3 Å². The first-order chi connectivity index (χ1) is 10.6. The molecule has 1 heterocycles. The van der Waals surface area contributed by atoms with Crippen LogP contribution in [0.3, 0.4) is 0 Å². The molecule has 0 unspecified atom stereocenters. The first kappa shape index (κ1) is 15.5. The molecule has 114 valence electrons. The van der Waals surface area contributed by atoms with E-state index in [4.69, 9.17) is 0 Å². The van der Waals surface area contributed by atoms with Gasteiger partial charge in [-0.25, -0.2) is 9.59 Å². The molecule has 0 saturated carbocycles. The van der Waals surface area contributed by atoms with Crippen LogP contribution < -0.4 is 0 Å². The summed E-state index contributed by atoms with van der Waals surface area (Å²) >= 11 is 0. The number of ketones is 1. The Labute approximate surface area is 127 Å². The molecular formula is C16H15NO5. The molecule has 6 nitrogen and oxygen atoms in total. The highest BCUT2D eigenvalue weighted by Gasteiger charge is 2.22. The zero-order valence-electron chi connectivity index (χ0n) is 12.2. The van der Waals surface area contributed by atoms with Gasteiger partial charge in [0.1, 0.15) is 11.4 Å². The van der Waals surface area contributed by atoms with Gasteiger partial charge in [-0.2, -0.15) is 0 Å². The summed E-state index contributed by atoms with van der Waals surface area (Å²) < 4.78 is 10.6. The van der Waals surface area contributed by atoms with Gasteiger partial charge < -0.3 is 14.0 Å². The lowest BCUT2D eigenvalue weighted by atomic mass is 10.1. The summed E-state index contributed by atoms with van der Waals surface area (Å²) in [4.78, 5) is 35.9. The fourth-order valence-corrected chi connectivity index (χ4v) is 2.06. The molecule has 1 aromatic carbocycles. The minimum absolute atomic E-state index is 0.118. The van der Waals surface area contributed by atoms with Crippen LogP contribution in [0.2, 0.25) is 0 Å². The molecule has 2 aromatic rings. The molecule has 2 rings (SSSR count). The predicted molar refractivity (Wildman–Crippen MR) is 77.9 cm³/mol. The summed E-state index contributed by atoms with van der Waals surface area (Å²) in [5, 5.41) is 0. The maximum Gasteiger partial charge on any atom is 0.354 e. The molecule has 0 atom stereocenters. The van der Waals surface area contributed by atoms with Crippen LogP contribution in [0.15, 0.2) is 42.5 Å². The summed E-state index contributed by atoms with van der Waals surface area (Å²) in [5.74, 6) is -1.49. The molecule has 0 spiro atoms. The average Bonchev–Trinajstić information content (AvgIpc) is 2.97. The molecule has 6 heteroatoms. The first-order valence-electron chi connectivity index (χ1n) is 6.53. The lowest BCUT2D eigenvalue weighted by Gasteiger charge is -2.10. The summed E-state index contributed by atoms with van der Waals surface area (Å²) in [6.07, 6.45) is 0. The maximum atomic E-state index is 12.3.